The second kappa shape index (κ2) is 7.07. The normalized spacial score (nSPS) is 17.3. The van der Waals surface area contributed by atoms with Crippen molar-refractivity contribution in [1.82, 2.24) is 19.7 Å². The molecule has 1 aliphatic rings. The summed E-state index contributed by atoms with van der Waals surface area (Å²) >= 11 is 0. The predicted octanol–water partition coefficient (Wildman–Crippen LogP) is 3.77. The highest BCUT2D eigenvalue weighted by Crippen LogP contribution is 2.33. The number of nitrogens with zero attached hydrogens (tertiary/aromatic N) is 4. The van der Waals surface area contributed by atoms with Gasteiger partial charge in [0.1, 0.15) is 18.5 Å². The van der Waals surface area contributed by atoms with Gasteiger partial charge in [-0.3, -0.25) is 4.79 Å². The minimum atomic E-state index is -0.265. The Hall–Kier alpha value is -3.02. The second-order valence-corrected chi connectivity index (χ2v) is 6.42. The highest BCUT2D eigenvalue weighted by molar-refractivity contribution is 5.98. The number of carbonyl (C=O) groups is 1. The molecule has 0 aliphatic carbocycles. The minimum Gasteiger partial charge on any atom is -0.332 e. The number of rotatable bonds is 3. The van der Waals surface area contributed by atoms with Crippen LogP contribution >= 0.6 is 0 Å². The van der Waals surface area contributed by atoms with Crippen molar-refractivity contribution < 1.29 is 9.18 Å². The van der Waals surface area contributed by atoms with Gasteiger partial charge in [0.2, 0.25) is 0 Å². The van der Waals surface area contributed by atoms with Crippen molar-refractivity contribution in [2.24, 2.45) is 0 Å². The molecule has 3 aromatic rings. The summed E-state index contributed by atoms with van der Waals surface area (Å²) in [4.78, 5) is 19.2. The van der Waals surface area contributed by atoms with Crippen molar-refractivity contribution in [2.45, 2.75) is 25.3 Å². The summed E-state index contributed by atoms with van der Waals surface area (Å²) in [5.74, 6) is -0.302. The van der Waals surface area contributed by atoms with E-state index in [0.29, 0.717) is 17.8 Å². The number of halogens is 1. The zero-order valence-corrected chi connectivity index (χ0v) is 14.3. The molecule has 5 nitrogen and oxygen atoms in total. The number of benzene rings is 2. The number of para-hydroxylation sites is 1. The van der Waals surface area contributed by atoms with Crippen LogP contribution in [0.5, 0.6) is 0 Å². The van der Waals surface area contributed by atoms with E-state index in [9.17, 15) is 9.18 Å². The molecule has 2 heterocycles. The standard InChI is InChI=1S/C20H19FN4O/c21-16-10-8-15(9-11-16)18-6-3-4-12-24(18)20(26)17-5-1-2-7-19(17)25-14-22-13-23-25/h1-2,5,7-11,13-14,18H,3-4,6,12H2. The van der Waals surface area contributed by atoms with Gasteiger partial charge in [-0.1, -0.05) is 24.3 Å². The van der Waals surface area contributed by atoms with Gasteiger partial charge in [0.25, 0.3) is 5.91 Å². The van der Waals surface area contributed by atoms with Gasteiger partial charge < -0.3 is 4.90 Å². The number of likely N-dealkylation sites (tertiary alicyclic amines) is 1. The summed E-state index contributed by atoms with van der Waals surface area (Å²) in [6.45, 7) is 0.687. The van der Waals surface area contributed by atoms with Crippen LogP contribution in [0.25, 0.3) is 5.69 Å². The highest BCUT2D eigenvalue weighted by atomic mass is 19.1. The molecule has 1 fully saturated rings. The summed E-state index contributed by atoms with van der Waals surface area (Å²) in [6, 6.07) is 13.8. The minimum absolute atomic E-state index is 0.0369. The Labute approximate surface area is 151 Å². The summed E-state index contributed by atoms with van der Waals surface area (Å²) < 4.78 is 14.9. The van der Waals surface area contributed by atoms with Crippen LogP contribution in [-0.2, 0) is 0 Å². The van der Waals surface area contributed by atoms with Crippen molar-refractivity contribution in [2.75, 3.05) is 6.54 Å². The largest absolute Gasteiger partial charge is 0.332 e. The number of amides is 1. The molecule has 1 amide bonds. The third-order valence-corrected chi connectivity index (χ3v) is 4.82. The molecule has 2 aromatic carbocycles. The molecule has 0 spiro atoms. The fourth-order valence-electron chi connectivity index (χ4n) is 3.55. The third-order valence-electron chi connectivity index (χ3n) is 4.82. The first-order valence-electron chi connectivity index (χ1n) is 8.74. The molecule has 0 radical (unpaired) electrons. The van der Waals surface area contributed by atoms with Crippen molar-refractivity contribution >= 4 is 5.91 Å². The van der Waals surface area contributed by atoms with Crippen molar-refractivity contribution in [3.8, 4) is 5.69 Å². The summed E-state index contributed by atoms with van der Waals surface area (Å²) in [5.41, 5.74) is 2.27. The lowest BCUT2D eigenvalue weighted by Crippen LogP contribution is -2.39. The van der Waals surface area contributed by atoms with E-state index in [1.54, 1.807) is 23.1 Å². The zero-order valence-electron chi connectivity index (χ0n) is 14.3. The van der Waals surface area contributed by atoms with E-state index in [1.807, 2.05) is 29.2 Å². The molecule has 6 heteroatoms. The zero-order chi connectivity index (χ0) is 17.9. The number of aromatic nitrogens is 3. The summed E-state index contributed by atoms with van der Waals surface area (Å²) in [5, 5.41) is 4.15. The molecule has 1 atom stereocenters. The van der Waals surface area contributed by atoms with E-state index >= 15 is 0 Å². The van der Waals surface area contributed by atoms with Crippen molar-refractivity contribution in [3.63, 3.8) is 0 Å². The van der Waals surface area contributed by atoms with Gasteiger partial charge >= 0.3 is 0 Å². The maximum atomic E-state index is 13.4. The lowest BCUT2D eigenvalue weighted by molar-refractivity contribution is 0.0611. The SMILES string of the molecule is O=C(c1ccccc1-n1cncn1)N1CCCCC1c1ccc(F)cc1. The van der Waals surface area contributed by atoms with E-state index < -0.39 is 0 Å². The van der Waals surface area contributed by atoms with E-state index in [-0.39, 0.29) is 17.8 Å². The van der Waals surface area contributed by atoms with Crippen LogP contribution in [-0.4, -0.2) is 32.1 Å². The maximum Gasteiger partial charge on any atom is 0.256 e. The van der Waals surface area contributed by atoms with Crippen LogP contribution in [0.1, 0.15) is 41.2 Å². The Balaban J connectivity index is 1.69. The van der Waals surface area contributed by atoms with Crippen molar-refractivity contribution in [1.29, 1.82) is 0 Å². The Kier molecular flexibility index (Phi) is 4.48. The number of hydrogen-bond donors (Lipinski definition) is 0. The molecule has 1 unspecified atom stereocenters. The Bertz CT molecular complexity index is 892. The number of carbonyl (C=O) groups excluding carboxylic acids is 1. The van der Waals surface area contributed by atoms with Gasteiger partial charge in [0.15, 0.2) is 0 Å². The van der Waals surface area contributed by atoms with Crippen LogP contribution < -0.4 is 0 Å². The molecule has 4 rings (SSSR count). The van der Waals surface area contributed by atoms with Crippen LogP contribution in [0.4, 0.5) is 4.39 Å². The van der Waals surface area contributed by atoms with Gasteiger partial charge in [-0.05, 0) is 49.1 Å². The Morgan fingerprint density at radius 1 is 1.08 bits per heavy atom. The Morgan fingerprint density at radius 2 is 1.88 bits per heavy atom. The maximum absolute atomic E-state index is 13.4. The van der Waals surface area contributed by atoms with E-state index in [4.69, 9.17) is 0 Å². The van der Waals surface area contributed by atoms with Crippen LogP contribution in [0.2, 0.25) is 0 Å². The Morgan fingerprint density at radius 3 is 2.65 bits per heavy atom. The molecule has 26 heavy (non-hydrogen) atoms. The second-order valence-electron chi connectivity index (χ2n) is 6.42. The fourth-order valence-corrected chi connectivity index (χ4v) is 3.55. The topological polar surface area (TPSA) is 51.0 Å². The molecule has 132 valence electrons. The van der Waals surface area contributed by atoms with Crippen LogP contribution in [0.15, 0.2) is 61.2 Å². The van der Waals surface area contributed by atoms with E-state index in [1.165, 1.54) is 18.5 Å². The van der Waals surface area contributed by atoms with Gasteiger partial charge in [-0.15, -0.1) is 0 Å². The van der Waals surface area contributed by atoms with Gasteiger partial charge in [0, 0.05) is 6.54 Å². The first-order chi connectivity index (χ1) is 12.7. The first-order valence-corrected chi connectivity index (χ1v) is 8.74. The van der Waals surface area contributed by atoms with Gasteiger partial charge in [0.05, 0.1) is 17.3 Å². The molecule has 0 saturated carbocycles. The highest BCUT2D eigenvalue weighted by Gasteiger charge is 2.30. The van der Waals surface area contributed by atoms with Gasteiger partial charge in [-0.25, -0.2) is 14.1 Å². The lowest BCUT2D eigenvalue weighted by Gasteiger charge is -2.36. The molecule has 1 saturated heterocycles. The molecule has 1 aliphatic heterocycles. The average Bonchev–Trinajstić information content (AvgIpc) is 3.23. The number of piperidine rings is 1. The fraction of sp³-hybridized carbons (Fsp3) is 0.250. The average molecular weight is 350 g/mol. The molecular weight excluding hydrogens is 331 g/mol. The number of hydrogen-bond acceptors (Lipinski definition) is 3. The molecule has 0 bridgehead atoms. The van der Waals surface area contributed by atoms with Crippen LogP contribution in [0.3, 0.4) is 0 Å². The third kappa shape index (κ3) is 3.10. The molecule has 1 aromatic heterocycles. The summed E-state index contributed by atoms with van der Waals surface area (Å²) in [7, 11) is 0. The monoisotopic (exact) mass is 350 g/mol. The quantitative estimate of drug-likeness (QED) is 0.722. The predicted molar refractivity (Wildman–Crippen MR) is 95.4 cm³/mol. The molecule has 0 N–H and O–H groups in total. The van der Waals surface area contributed by atoms with E-state index in [0.717, 1.165) is 24.8 Å². The summed E-state index contributed by atoms with van der Waals surface area (Å²) in [6.07, 6.45) is 5.93. The smallest absolute Gasteiger partial charge is 0.256 e. The first kappa shape index (κ1) is 16.4. The van der Waals surface area contributed by atoms with Crippen molar-refractivity contribution in [3.05, 3.63) is 78.1 Å². The molecular formula is C20H19FN4O. The van der Waals surface area contributed by atoms with E-state index in [2.05, 4.69) is 10.1 Å². The lowest BCUT2D eigenvalue weighted by atomic mass is 9.94. The van der Waals surface area contributed by atoms with Gasteiger partial charge in [-0.2, -0.15) is 5.10 Å². The van der Waals surface area contributed by atoms with Crippen LogP contribution in [0, 0.1) is 5.82 Å².